The Morgan fingerprint density at radius 1 is 1.48 bits per heavy atom. The highest BCUT2D eigenvalue weighted by Crippen LogP contribution is 2.31. The fraction of sp³-hybridized carbons (Fsp3) is 0.714. The molecular formula is C14H22N4O2S. The van der Waals surface area contributed by atoms with Crippen molar-refractivity contribution in [3.8, 4) is 0 Å². The molecular weight excluding hydrogens is 288 g/mol. The van der Waals surface area contributed by atoms with Crippen LogP contribution in [0.3, 0.4) is 0 Å². The maximum absolute atomic E-state index is 12.3. The Labute approximate surface area is 128 Å². The van der Waals surface area contributed by atoms with Crippen molar-refractivity contribution in [1.29, 1.82) is 0 Å². The molecule has 0 radical (unpaired) electrons. The number of amides is 1. The first kappa shape index (κ1) is 14.6. The summed E-state index contributed by atoms with van der Waals surface area (Å²) in [6.45, 7) is 1.60. The van der Waals surface area contributed by atoms with Crippen LogP contribution in [0.15, 0.2) is 0 Å². The number of nitrogens with zero attached hydrogens (tertiary/aromatic N) is 2. The van der Waals surface area contributed by atoms with Crippen molar-refractivity contribution < 1.29 is 9.53 Å². The van der Waals surface area contributed by atoms with E-state index < -0.39 is 0 Å². The van der Waals surface area contributed by atoms with Gasteiger partial charge in [-0.1, -0.05) is 0 Å². The van der Waals surface area contributed by atoms with Crippen LogP contribution in [0.1, 0.15) is 42.5 Å². The first-order valence-electron chi connectivity index (χ1n) is 7.54. The molecule has 1 unspecified atom stereocenters. The van der Waals surface area contributed by atoms with Gasteiger partial charge in [-0.25, -0.2) is 0 Å². The summed E-state index contributed by atoms with van der Waals surface area (Å²) in [5.41, 5.74) is 6.41. The zero-order chi connectivity index (χ0) is 14.8. The average molecular weight is 310 g/mol. The minimum atomic E-state index is -0.102. The Balaban J connectivity index is 1.69. The van der Waals surface area contributed by atoms with Crippen molar-refractivity contribution >= 4 is 28.3 Å². The van der Waals surface area contributed by atoms with Gasteiger partial charge in [0, 0.05) is 26.2 Å². The van der Waals surface area contributed by atoms with Gasteiger partial charge >= 0.3 is 0 Å². The van der Waals surface area contributed by atoms with E-state index in [-0.39, 0.29) is 12.0 Å². The Bertz CT molecular complexity index is 509. The SMILES string of the molecule is CN(CC1CCCCO1)c1snc(N)c1C(=O)NC1CC1. The molecule has 0 spiro atoms. The number of carbonyl (C=O) groups excluding carboxylic acids is 1. The standard InChI is InChI=1S/C14H22N4O2S/c1-18(8-10-4-2-3-7-20-10)14-11(12(15)17-21-14)13(19)16-9-5-6-9/h9-10H,2-8H2,1H3,(H2,15,17)(H,16,19). The maximum atomic E-state index is 12.3. The molecule has 1 aromatic rings. The van der Waals surface area contributed by atoms with Crippen LogP contribution in [-0.4, -0.2) is 42.6 Å². The first-order valence-corrected chi connectivity index (χ1v) is 8.31. The van der Waals surface area contributed by atoms with Crippen LogP contribution in [0.25, 0.3) is 0 Å². The van der Waals surface area contributed by atoms with E-state index in [2.05, 4.69) is 9.69 Å². The highest BCUT2D eigenvalue weighted by molar-refractivity contribution is 7.11. The van der Waals surface area contributed by atoms with Gasteiger partial charge in [-0.3, -0.25) is 4.79 Å². The molecule has 2 aliphatic rings. The molecule has 1 aliphatic heterocycles. The van der Waals surface area contributed by atoms with Crippen LogP contribution in [0.4, 0.5) is 10.8 Å². The topological polar surface area (TPSA) is 80.5 Å². The number of aromatic nitrogens is 1. The fourth-order valence-corrected chi connectivity index (χ4v) is 3.37. The molecule has 6 nitrogen and oxygen atoms in total. The second kappa shape index (κ2) is 6.19. The predicted octanol–water partition coefficient (Wildman–Crippen LogP) is 1.62. The van der Waals surface area contributed by atoms with Crippen molar-refractivity contribution in [2.24, 2.45) is 0 Å². The lowest BCUT2D eigenvalue weighted by atomic mass is 10.1. The zero-order valence-corrected chi connectivity index (χ0v) is 13.1. The number of anilines is 2. The number of nitrogens with one attached hydrogen (secondary N) is 1. The molecule has 0 aromatic carbocycles. The quantitative estimate of drug-likeness (QED) is 0.864. The van der Waals surface area contributed by atoms with Gasteiger partial charge in [0.05, 0.1) is 6.10 Å². The minimum Gasteiger partial charge on any atom is -0.382 e. The van der Waals surface area contributed by atoms with E-state index in [1.165, 1.54) is 18.0 Å². The molecule has 1 saturated carbocycles. The molecule has 3 N–H and O–H groups in total. The van der Waals surface area contributed by atoms with Crippen molar-refractivity contribution in [2.75, 3.05) is 30.8 Å². The van der Waals surface area contributed by atoms with E-state index >= 15 is 0 Å². The molecule has 2 heterocycles. The summed E-state index contributed by atoms with van der Waals surface area (Å²) in [5.74, 6) is 0.222. The summed E-state index contributed by atoms with van der Waals surface area (Å²) in [4.78, 5) is 14.4. The van der Waals surface area contributed by atoms with Crippen LogP contribution < -0.4 is 16.0 Å². The van der Waals surface area contributed by atoms with Crippen molar-refractivity contribution in [3.63, 3.8) is 0 Å². The van der Waals surface area contributed by atoms with E-state index in [1.807, 2.05) is 11.9 Å². The Morgan fingerprint density at radius 3 is 2.95 bits per heavy atom. The number of nitrogens with two attached hydrogens (primary N) is 1. The van der Waals surface area contributed by atoms with Gasteiger partial charge in [0.1, 0.15) is 10.6 Å². The van der Waals surface area contributed by atoms with Gasteiger partial charge in [-0.05, 0) is 43.6 Å². The van der Waals surface area contributed by atoms with Gasteiger partial charge < -0.3 is 20.7 Å². The number of ether oxygens (including phenoxy) is 1. The molecule has 1 amide bonds. The lowest BCUT2D eigenvalue weighted by molar-refractivity contribution is 0.0216. The predicted molar refractivity (Wildman–Crippen MR) is 83.9 cm³/mol. The van der Waals surface area contributed by atoms with Gasteiger partial charge in [0.15, 0.2) is 5.82 Å². The summed E-state index contributed by atoms with van der Waals surface area (Å²) in [7, 11) is 1.97. The highest BCUT2D eigenvalue weighted by atomic mass is 32.1. The minimum absolute atomic E-state index is 0.102. The largest absolute Gasteiger partial charge is 0.382 e. The second-order valence-electron chi connectivity index (χ2n) is 5.86. The van der Waals surface area contributed by atoms with Crippen LogP contribution in [0.5, 0.6) is 0 Å². The maximum Gasteiger partial charge on any atom is 0.258 e. The van der Waals surface area contributed by atoms with Gasteiger partial charge in [0.25, 0.3) is 5.91 Å². The van der Waals surface area contributed by atoms with E-state index in [4.69, 9.17) is 10.5 Å². The Morgan fingerprint density at radius 2 is 2.29 bits per heavy atom. The second-order valence-corrected chi connectivity index (χ2v) is 6.62. The number of rotatable bonds is 5. The van der Waals surface area contributed by atoms with E-state index in [9.17, 15) is 4.79 Å². The highest BCUT2D eigenvalue weighted by Gasteiger charge is 2.29. The molecule has 21 heavy (non-hydrogen) atoms. The summed E-state index contributed by atoms with van der Waals surface area (Å²) < 4.78 is 9.92. The van der Waals surface area contributed by atoms with Gasteiger partial charge in [-0.2, -0.15) is 4.37 Å². The smallest absolute Gasteiger partial charge is 0.258 e. The lowest BCUT2D eigenvalue weighted by Crippen LogP contribution is -2.34. The molecule has 2 fully saturated rings. The summed E-state index contributed by atoms with van der Waals surface area (Å²) >= 11 is 1.28. The number of hydrogen-bond donors (Lipinski definition) is 2. The van der Waals surface area contributed by atoms with Crippen LogP contribution in [0, 0.1) is 0 Å². The van der Waals surface area contributed by atoms with Gasteiger partial charge in [-0.15, -0.1) is 0 Å². The third kappa shape index (κ3) is 3.47. The van der Waals surface area contributed by atoms with E-state index in [1.54, 1.807) is 0 Å². The number of hydrogen-bond acceptors (Lipinski definition) is 6. The van der Waals surface area contributed by atoms with Crippen molar-refractivity contribution in [1.82, 2.24) is 9.69 Å². The third-order valence-corrected chi connectivity index (χ3v) is 4.91. The monoisotopic (exact) mass is 310 g/mol. The summed E-state index contributed by atoms with van der Waals surface area (Å²) in [6, 6.07) is 0.316. The summed E-state index contributed by atoms with van der Waals surface area (Å²) in [5, 5.41) is 3.82. The normalized spacial score (nSPS) is 22.0. The Hall–Kier alpha value is -1.34. The number of likely N-dealkylation sites (N-methyl/N-ethyl adjacent to an activating group) is 1. The molecule has 1 atom stereocenters. The molecule has 1 aromatic heterocycles. The molecule has 1 saturated heterocycles. The molecule has 7 heteroatoms. The van der Waals surface area contributed by atoms with E-state index in [0.29, 0.717) is 17.4 Å². The van der Waals surface area contributed by atoms with Gasteiger partial charge in [0.2, 0.25) is 0 Å². The molecule has 0 bridgehead atoms. The summed E-state index contributed by atoms with van der Waals surface area (Å²) in [6.07, 6.45) is 5.77. The average Bonchev–Trinajstić information content (AvgIpc) is 3.19. The lowest BCUT2D eigenvalue weighted by Gasteiger charge is -2.28. The molecule has 116 valence electrons. The fourth-order valence-electron chi connectivity index (χ4n) is 2.59. The number of carbonyl (C=O) groups is 1. The van der Waals surface area contributed by atoms with Crippen molar-refractivity contribution in [3.05, 3.63) is 5.56 Å². The third-order valence-electron chi connectivity index (χ3n) is 3.94. The first-order chi connectivity index (χ1) is 10.1. The van der Waals surface area contributed by atoms with Crippen LogP contribution in [0.2, 0.25) is 0 Å². The van der Waals surface area contributed by atoms with Crippen LogP contribution >= 0.6 is 11.5 Å². The Kier molecular flexibility index (Phi) is 4.30. The van der Waals surface area contributed by atoms with Crippen molar-refractivity contribution in [2.45, 2.75) is 44.2 Å². The molecule has 3 rings (SSSR count). The van der Waals surface area contributed by atoms with Crippen LogP contribution in [-0.2, 0) is 4.74 Å². The zero-order valence-electron chi connectivity index (χ0n) is 12.3. The number of nitrogen functional groups attached to an aromatic ring is 1. The molecule has 1 aliphatic carbocycles. The van der Waals surface area contributed by atoms with E-state index in [0.717, 1.165) is 43.8 Å².